The molecule has 3 rings (SSSR count). The number of rotatable bonds is 5. The number of fused-ring (bicyclic) bond motifs is 1. The third kappa shape index (κ3) is 4.75. The summed E-state index contributed by atoms with van der Waals surface area (Å²) in [5, 5.41) is 0.499. The first-order chi connectivity index (χ1) is 12.3. The van der Waals surface area contributed by atoms with E-state index in [0.717, 1.165) is 11.8 Å². The van der Waals surface area contributed by atoms with E-state index in [1.165, 1.54) is 6.07 Å². The van der Waals surface area contributed by atoms with Crippen LogP contribution in [-0.4, -0.2) is 27.4 Å². The van der Waals surface area contributed by atoms with Crippen LogP contribution in [0, 0.1) is 0 Å². The van der Waals surface area contributed by atoms with Gasteiger partial charge in [0.2, 0.25) is 0 Å². The average molecular weight is 397 g/mol. The molecule has 0 saturated carbocycles. The van der Waals surface area contributed by atoms with Crippen molar-refractivity contribution in [2.75, 3.05) is 13.0 Å². The molecule has 26 heavy (non-hydrogen) atoms. The Kier molecular flexibility index (Phi) is 5.50. The largest absolute Gasteiger partial charge is 0.467 e. The lowest BCUT2D eigenvalue weighted by Crippen LogP contribution is -2.14. The van der Waals surface area contributed by atoms with Crippen LogP contribution in [0.5, 0.6) is 5.75 Å². The van der Waals surface area contributed by atoms with Crippen molar-refractivity contribution in [2.24, 2.45) is 0 Å². The van der Waals surface area contributed by atoms with Crippen molar-refractivity contribution in [3.63, 3.8) is 0 Å². The van der Waals surface area contributed by atoms with Gasteiger partial charge in [0.15, 0.2) is 16.6 Å². The van der Waals surface area contributed by atoms with Gasteiger partial charge in [0.25, 0.3) is 0 Å². The Hall–Kier alpha value is -2.09. The Balaban J connectivity index is 1.74. The van der Waals surface area contributed by atoms with Crippen LogP contribution in [0.25, 0.3) is 0 Å². The molecule has 0 amide bonds. The highest BCUT2D eigenvalue weighted by Crippen LogP contribution is 2.32. The van der Waals surface area contributed by atoms with E-state index < -0.39 is 15.8 Å². The van der Waals surface area contributed by atoms with Crippen LogP contribution in [0.2, 0.25) is 5.02 Å². The predicted octanol–water partition coefficient (Wildman–Crippen LogP) is 3.11. The highest BCUT2D eigenvalue weighted by molar-refractivity contribution is 7.89. The van der Waals surface area contributed by atoms with E-state index in [0.29, 0.717) is 28.5 Å². The van der Waals surface area contributed by atoms with Gasteiger partial charge in [-0.25, -0.2) is 13.2 Å². The minimum absolute atomic E-state index is 0.0158. The van der Waals surface area contributed by atoms with Crippen molar-refractivity contribution < 1.29 is 27.4 Å². The van der Waals surface area contributed by atoms with Crippen molar-refractivity contribution in [1.82, 2.24) is 0 Å². The number of hydrogen-bond donors (Lipinski definition) is 0. The van der Waals surface area contributed by atoms with Crippen LogP contribution < -0.4 is 4.74 Å². The molecule has 6 nitrogen and oxygen atoms in total. The van der Waals surface area contributed by atoms with Crippen LogP contribution in [-0.2, 0) is 38.3 Å². The van der Waals surface area contributed by atoms with Gasteiger partial charge in [-0.05, 0) is 29.8 Å². The number of carbonyl (C=O) groups is 1. The summed E-state index contributed by atoms with van der Waals surface area (Å²) in [6.45, 7) is 0.492. The summed E-state index contributed by atoms with van der Waals surface area (Å²) in [5.41, 5.74) is 2.26. The van der Waals surface area contributed by atoms with Gasteiger partial charge in [-0.1, -0.05) is 23.7 Å². The molecular formula is C18H17ClO6S. The number of benzene rings is 2. The second-order valence-electron chi connectivity index (χ2n) is 6.01. The van der Waals surface area contributed by atoms with Crippen molar-refractivity contribution in [3.05, 3.63) is 63.7 Å². The fourth-order valence-corrected chi connectivity index (χ4v) is 3.73. The van der Waals surface area contributed by atoms with Gasteiger partial charge in [0.05, 0.1) is 17.9 Å². The smallest absolute Gasteiger partial charge is 0.338 e. The van der Waals surface area contributed by atoms with E-state index in [1.54, 1.807) is 30.3 Å². The molecule has 0 N–H and O–H groups in total. The lowest BCUT2D eigenvalue weighted by molar-refractivity contribution is -0.0180. The maximum absolute atomic E-state index is 12.3. The van der Waals surface area contributed by atoms with E-state index in [-0.39, 0.29) is 24.7 Å². The molecule has 2 aromatic carbocycles. The second kappa shape index (κ2) is 7.65. The van der Waals surface area contributed by atoms with Gasteiger partial charge in [-0.2, -0.15) is 0 Å². The summed E-state index contributed by atoms with van der Waals surface area (Å²) in [5.74, 6) is -0.0792. The van der Waals surface area contributed by atoms with Crippen LogP contribution in [0.1, 0.15) is 27.0 Å². The lowest BCUT2D eigenvalue weighted by atomic mass is 10.1. The topological polar surface area (TPSA) is 78.9 Å². The zero-order valence-electron chi connectivity index (χ0n) is 14.0. The molecular weight excluding hydrogens is 380 g/mol. The second-order valence-corrected chi connectivity index (χ2v) is 8.59. The van der Waals surface area contributed by atoms with E-state index in [9.17, 15) is 13.2 Å². The van der Waals surface area contributed by atoms with E-state index in [2.05, 4.69) is 0 Å². The summed E-state index contributed by atoms with van der Waals surface area (Å²) in [7, 11) is -3.19. The molecule has 1 aliphatic rings. The van der Waals surface area contributed by atoms with E-state index >= 15 is 0 Å². The molecule has 0 fully saturated rings. The summed E-state index contributed by atoms with van der Waals surface area (Å²) in [6.07, 6.45) is 1.14. The monoisotopic (exact) mass is 396 g/mol. The standard InChI is InChI=1S/C18H17ClO6S/c1-26(21,22)10-12-3-2-4-13(5-12)18(20)24-9-15-7-16(19)6-14-8-23-11-25-17(14)15/h2-7H,8-11H2,1H3. The Morgan fingerprint density at radius 1 is 1.27 bits per heavy atom. The van der Waals surface area contributed by atoms with Gasteiger partial charge >= 0.3 is 5.97 Å². The van der Waals surface area contributed by atoms with Crippen LogP contribution in [0.15, 0.2) is 36.4 Å². The Labute approximate surface area is 156 Å². The van der Waals surface area contributed by atoms with Gasteiger partial charge in [0.1, 0.15) is 12.4 Å². The molecule has 0 atom stereocenters. The van der Waals surface area contributed by atoms with Crippen molar-refractivity contribution in [1.29, 1.82) is 0 Å². The first-order valence-electron chi connectivity index (χ1n) is 7.77. The van der Waals surface area contributed by atoms with Crippen LogP contribution in [0.4, 0.5) is 0 Å². The highest BCUT2D eigenvalue weighted by Gasteiger charge is 2.18. The zero-order chi connectivity index (χ0) is 18.7. The molecule has 0 bridgehead atoms. The molecule has 1 heterocycles. The molecule has 0 radical (unpaired) electrons. The minimum Gasteiger partial charge on any atom is -0.467 e. The highest BCUT2D eigenvalue weighted by atomic mass is 35.5. The third-order valence-electron chi connectivity index (χ3n) is 3.70. The van der Waals surface area contributed by atoms with Gasteiger partial charge in [-0.3, -0.25) is 0 Å². The van der Waals surface area contributed by atoms with E-state index in [4.69, 9.17) is 25.8 Å². The minimum atomic E-state index is -3.19. The Morgan fingerprint density at radius 2 is 2.08 bits per heavy atom. The molecule has 138 valence electrons. The molecule has 0 aromatic heterocycles. The van der Waals surface area contributed by atoms with Crippen LogP contribution in [0.3, 0.4) is 0 Å². The number of halogens is 1. The summed E-state index contributed by atoms with van der Waals surface area (Å²) in [4.78, 5) is 12.3. The summed E-state index contributed by atoms with van der Waals surface area (Å²) in [6, 6.07) is 9.79. The van der Waals surface area contributed by atoms with E-state index in [1.807, 2.05) is 0 Å². The van der Waals surface area contributed by atoms with Gasteiger partial charge in [-0.15, -0.1) is 0 Å². The van der Waals surface area contributed by atoms with Crippen molar-refractivity contribution in [3.8, 4) is 5.75 Å². The maximum atomic E-state index is 12.3. The maximum Gasteiger partial charge on any atom is 0.338 e. The van der Waals surface area contributed by atoms with Crippen molar-refractivity contribution in [2.45, 2.75) is 19.0 Å². The molecule has 0 saturated heterocycles. The molecule has 0 unspecified atom stereocenters. The fraction of sp³-hybridized carbons (Fsp3) is 0.278. The van der Waals surface area contributed by atoms with Crippen LogP contribution >= 0.6 is 11.6 Å². The number of sulfone groups is 1. The molecule has 0 aliphatic carbocycles. The third-order valence-corrected chi connectivity index (χ3v) is 4.78. The zero-order valence-corrected chi connectivity index (χ0v) is 15.6. The first kappa shape index (κ1) is 18.7. The number of hydrogen-bond acceptors (Lipinski definition) is 6. The SMILES string of the molecule is CS(=O)(=O)Cc1cccc(C(=O)OCc2cc(Cl)cc3c2OCOC3)c1. The summed E-state index contributed by atoms with van der Waals surface area (Å²) < 4.78 is 38.9. The first-order valence-corrected chi connectivity index (χ1v) is 10.2. The molecule has 1 aliphatic heterocycles. The molecule has 2 aromatic rings. The Morgan fingerprint density at radius 3 is 2.85 bits per heavy atom. The average Bonchev–Trinajstić information content (AvgIpc) is 2.58. The lowest BCUT2D eigenvalue weighted by Gasteiger charge is -2.21. The predicted molar refractivity (Wildman–Crippen MR) is 95.8 cm³/mol. The fourth-order valence-electron chi connectivity index (χ4n) is 2.68. The quantitative estimate of drug-likeness (QED) is 0.722. The summed E-state index contributed by atoms with van der Waals surface area (Å²) >= 11 is 6.09. The van der Waals surface area contributed by atoms with Crippen molar-refractivity contribution >= 4 is 27.4 Å². The number of ether oxygens (including phenoxy) is 3. The van der Waals surface area contributed by atoms with Gasteiger partial charge in [0, 0.05) is 22.4 Å². The number of carbonyl (C=O) groups excluding carboxylic acids is 1. The Bertz CT molecular complexity index is 939. The molecule has 0 spiro atoms. The normalized spacial score (nSPS) is 13.6. The molecule has 8 heteroatoms. The number of esters is 1. The van der Waals surface area contributed by atoms with Gasteiger partial charge < -0.3 is 14.2 Å².